The third-order valence-corrected chi connectivity index (χ3v) is 10.9. The highest BCUT2D eigenvalue weighted by Gasteiger charge is 2.39. The average Bonchev–Trinajstić information content (AvgIpc) is 3.10. The molecular weight excluding hydrogens is 609 g/mol. The summed E-state index contributed by atoms with van der Waals surface area (Å²) in [7, 11) is -3.63. The molecule has 0 radical (unpaired) electrons. The van der Waals surface area contributed by atoms with Crippen LogP contribution in [-0.2, 0) is 32.6 Å². The highest BCUT2D eigenvalue weighted by molar-refractivity contribution is 7.89. The lowest BCUT2D eigenvalue weighted by atomic mass is 9.89. The van der Waals surface area contributed by atoms with E-state index in [0.29, 0.717) is 0 Å². The molecule has 2 heterocycles. The van der Waals surface area contributed by atoms with Gasteiger partial charge < -0.3 is 19.5 Å². The first-order chi connectivity index (χ1) is 22.9. The zero-order valence-corrected chi connectivity index (χ0v) is 27.9. The standard InChI is InChI=1S/C39H46N2O5S/c1-29-37(27-41-24-10-3-2-4-11-25-41)45-39(46-38(29)32-18-16-30(28-42)17-19-32)33-22-20-31(21-23-33)36-15-9-8-12-34(36)26-40-47(43,44)35-13-6-5-7-14-35/h5-9,12-23,29,37-40,42H,2-4,10-11,24-28H2,1H3/t29-,37+,38+,39+/m0/s1. The molecule has 4 aromatic carbocycles. The summed E-state index contributed by atoms with van der Waals surface area (Å²) >= 11 is 0. The monoisotopic (exact) mass is 654 g/mol. The largest absolute Gasteiger partial charge is 0.392 e. The van der Waals surface area contributed by atoms with Gasteiger partial charge in [-0.2, -0.15) is 0 Å². The van der Waals surface area contributed by atoms with Gasteiger partial charge in [0.1, 0.15) is 0 Å². The molecule has 2 N–H and O–H groups in total. The number of hydrogen-bond acceptors (Lipinski definition) is 6. The van der Waals surface area contributed by atoms with E-state index in [1.165, 1.54) is 32.1 Å². The van der Waals surface area contributed by atoms with Gasteiger partial charge >= 0.3 is 0 Å². The molecular formula is C39H46N2O5S. The molecule has 0 aliphatic carbocycles. The molecule has 0 amide bonds. The predicted molar refractivity (Wildman–Crippen MR) is 185 cm³/mol. The van der Waals surface area contributed by atoms with Crippen LogP contribution in [0.4, 0.5) is 0 Å². The summed E-state index contributed by atoms with van der Waals surface area (Å²) in [6.07, 6.45) is 5.67. The number of nitrogens with one attached hydrogen (secondary N) is 1. The van der Waals surface area contributed by atoms with E-state index in [-0.39, 0.29) is 36.2 Å². The van der Waals surface area contributed by atoms with Crippen LogP contribution >= 0.6 is 0 Å². The van der Waals surface area contributed by atoms with Gasteiger partial charge in [0, 0.05) is 24.6 Å². The third kappa shape index (κ3) is 8.38. The lowest BCUT2D eigenvalue weighted by molar-refractivity contribution is -0.276. The molecule has 4 atom stereocenters. The Morgan fingerprint density at radius 1 is 0.766 bits per heavy atom. The third-order valence-electron chi connectivity index (χ3n) is 9.53. The Bertz CT molecular complexity index is 1670. The van der Waals surface area contributed by atoms with E-state index < -0.39 is 16.3 Å². The lowest BCUT2D eigenvalue weighted by Crippen LogP contribution is -2.45. The average molecular weight is 655 g/mol. The first-order valence-corrected chi connectivity index (χ1v) is 18.4. The van der Waals surface area contributed by atoms with Gasteiger partial charge in [0.25, 0.3) is 0 Å². The summed E-state index contributed by atoms with van der Waals surface area (Å²) in [5.74, 6) is 0.141. The fourth-order valence-electron chi connectivity index (χ4n) is 6.71. The topological polar surface area (TPSA) is 88.1 Å². The number of sulfonamides is 1. The van der Waals surface area contributed by atoms with E-state index in [2.05, 4.69) is 52.9 Å². The van der Waals surface area contributed by atoms with Crippen LogP contribution < -0.4 is 4.72 Å². The maximum atomic E-state index is 12.9. The minimum absolute atomic E-state index is 0.00580. The van der Waals surface area contributed by atoms with E-state index in [9.17, 15) is 13.5 Å². The van der Waals surface area contributed by atoms with E-state index >= 15 is 0 Å². The molecule has 4 aromatic rings. The number of ether oxygens (including phenoxy) is 2. The van der Waals surface area contributed by atoms with Crippen LogP contribution in [0.5, 0.6) is 0 Å². The Morgan fingerprint density at radius 2 is 1.40 bits per heavy atom. The summed E-state index contributed by atoms with van der Waals surface area (Å²) in [4.78, 5) is 2.82. The van der Waals surface area contributed by atoms with Gasteiger partial charge in [-0.25, -0.2) is 13.1 Å². The fourth-order valence-corrected chi connectivity index (χ4v) is 7.74. The van der Waals surface area contributed by atoms with E-state index in [4.69, 9.17) is 9.47 Å². The zero-order chi connectivity index (χ0) is 32.6. The Kier molecular flexibility index (Phi) is 11.2. The van der Waals surface area contributed by atoms with Crippen molar-refractivity contribution in [1.29, 1.82) is 0 Å². The van der Waals surface area contributed by atoms with Crippen LogP contribution in [0, 0.1) is 5.92 Å². The van der Waals surface area contributed by atoms with Crippen molar-refractivity contribution < 1.29 is 23.0 Å². The van der Waals surface area contributed by atoms with Crippen LogP contribution in [-0.4, -0.2) is 44.2 Å². The van der Waals surface area contributed by atoms with Crippen molar-refractivity contribution in [3.63, 3.8) is 0 Å². The van der Waals surface area contributed by atoms with Crippen LogP contribution in [0.3, 0.4) is 0 Å². The van der Waals surface area contributed by atoms with Gasteiger partial charge in [-0.05, 0) is 65.9 Å². The van der Waals surface area contributed by atoms with Crippen LogP contribution in [0.15, 0.2) is 108 Å². The molecule has 6 rings (SSSR count). The molecule has 0 unspecified atom stereocenters. The molecule has 7 nitrogen and oxygen atoms in total. The normalized spacial score (nSPS) is 22.8. The van der Waals surface area contributed by atoms with E-state index in [1.54, 1.807) is 30.3 Å². The number of nitrogens with zero attached hydrogens (tertiary/aromatic N) is 1. The SMILES string of the molecule is C[C@H]1[C@@H](CN2CCCCCCC2)O[C@@H](c2ccc(-c3ccccc3CNS(=O)(=O)c3ccccc3)cc2)O[C@H]1c1ccc(CO)cc1. The number of aliphatic hydroxyl groups excluding tert-OH is 1. The molecule has 0 bridgehead atoms. The number of likely N-dealkylation sites (tertiary alicyclic amines) is 1. The second-order valence-electron chi connectivity index (χ2n) is 12.8. The van der Waals surface area contributed by atoms with Crippen molar-refractivity contribution in [1.82, 2.24) is 9.62 Å². The smallest absolute Gasteiger partial charge is 0.240 e. The van der Waals surface area contributed by atoms with Crippen molar-refractivity contribution in [2.24, 2.45) is 5.92 Å². The maximum absolute atomic E-state index is 12.9. The van der Waals surface area contributed by atoms with Crippen molar-refractivity contribution in [3.05, 3.63) is 125 Å². The maximum Gasteiger partial charge on any atom is 0.240 e. The quantitative estimate of drug-likeness (QED) is 0.186. The molecule has 0 spiro atoms. The van der Waals surface area contributed by atoms with Crippen LogP contribution in [0.2, 0.25) is 0 Å². The van der Waals surface area contributed by atoms with Gasteiger partial charge in [0.05, 0.1) is 23.7 Å². The second kappa shape index (κ2) is 15.7. The highest BCUT2D eigenvalue weighted by Crippen LogP contribution is 2.42. The zero-order valence-electron chi connectivity index (χ0n) is 27.1. The van der Waals surface area contributed by atoms with Gasteiger partial charge in [-0.3, -0.25) is 0 Å². The Hall–Kier alpha value is -3.37. The first kappa shape index (κ1) is 33.5. The molecule has 2 aliphatic rings. The van der Waals surface area contributed by atoms with E-state index in [1.807, 2.05) is 36.4 Å². The van der Waals surface area contributed by atoms with Gasteiger partial charge in [-0.15, -0.1) is 0 Å². The first-order valence-electron chi connectivity index (χ1n) is 16.9. The van der Waals surface area contributed by atoms with Gasteiger partial charge in [0.15, 0.2) is 6.29 Å². The van der Waals surface area contributed by atoms with Crippen LogP contribution in [0.1, 0.15) is 73.7 Å². The molecule has 248 valence electrons. The summed E-state index contributed by atoms with van der Waals surface area (Å²) in [6.45, 7) is 5.49. The predicted octanol–water partition coefficient (Wildman–Crippen LogP) is 7.38. The molecule has 0 saturated carbocycles. The Labute approximate surface area is 279 Å². The van der Waals surface area contributed by atoms with Gasteiger partial charge in [0.2, 0.25) is 10.0 Å². The number of benzene rings is 4. The molecule has 8 heteroatoms. The molecule has 2 aliphatic heterocycles. The van der Waals surface area contributed by atoms with E-state index in [0.717, 1.165) is 53.0 Å². The minimum atomic E-state index is -3.63. The van der Waals surface area contributed by atoms with Crippen molar-refractivity contribution >= 4 is 10.0 Å². The highest BCUT2D eigenvalue weighted by atomic mass is 32.2. The number of rotatable bonds is 10. The minimum Gasteiger partial charge on any atom is -0.392 e. The summed E-state index contributed by atoms with van der Waals surface area (Å²) < 4.78 is 42.0. The Morgan fingerprint density at radius 3 is 2.11 bits per heavy atom. The lowest BCUT2D eigenvalue weighted by Gasteiger charge is -2.43. The van der Waals surface area contributed by atoms with Crippen molar-refractivity contribution in [2.45, 2.75) is 75.6 Å². The number of aliphatic hydroxyl groups is 1. The van der Waals surface area contributed by atoms with Gasteiger partial charge in [-0.1, -0.05) is 117 Å². The molecule has 2 saturated heterocycles. The molecule has 47 heavy (non-hydrogen) atoms. The summed E-state index contributed by atoms with van der Waals surface area (Å²) in [6, 6.07) is 32.6. The molecule has 2 fully saturated rings. The summed E-state index contributed by atoms with van der Waals surface area (Å²) in [5.41, 5.74) is 5.75. The molecule has 0 aromatic heterocycles. The fraction of sp³-hybridized carbons (Fsp3) is 0.385. The van der Waals surface area contributed by atoms with Crippen molar-refractivity contribution in [2.75, 3.05) is 19.6 Å². The van der Waals surface area contributed by atoms with Crippen LogP contribution in [0.25, 0.3) is 11.1 Å². The summed E-state index contributed by atoms with van der Waals surface area (Å²) in [5, 5.41) is 9.60. The Balaban J connectivity index is 1.22. The second-order valence-corrected chi connectivity index (χ2v) is 14.6. The van der Waals surface area contributed by atoms with Crippen molar-refractivity contribution in [3.8, 4) is 11.1 Å². The number of hydrogen-bond donors (Lipinski definition) is 2.